The highest BCUT2D eigenvalue weighted by Crippen LogP contribution is 2.32. The Balaban J connectivity index is 2.55. The van der Waals surface area contributed by atoms with Gasteiger partial charge in [-0.1, -0.05) is 11.6 Å². The third kappa shape index (κ3) is 1.58. The zero-order chi connectivity index (χ0) is 10.1. The molecule has 2 rings (SSSR count). The van der Waals surface area contributed by atoms with E-state index in [0.717, 1.165) is 15.4 Å². The Bertz CT molecular complexity index is 447. The molecule has 0 aliphatic carbocycles. The normalized spacial score (nSPS) is 10.4. The monoisotopic (exact) mass is 225 g/mol. The van der Waals surface area contributed by atoms with Gasteiger partial charge in [0.25, 0.3) is 0 Å². The van der Waals surface area contributed by atoms with Crippen molar-refractivity contribution in [1.82, 2.24) is 9.97 Å². The lowest BCUT2D eigenvalue weighted by atomic mass is 10.3. The van der Waals surface area contributed by atoms with E-state index in [1.165, 1.54) is 11.3 Å². The lowest BCUT2D eigenvalue weighted by Crippen LogP contribution is -1.86. The summed E-state index contributed by atoms with van der Waals surface area (Å²) in [5.41, 5.74) is 6.50. The number of aromatic nitrogens is 2. The first kappa shape index (κ1) is 9.43. The van der Waals surface area contributed by atoms with Crippen molar-refractivity contribution in [3.05, 3.63) is 28.4 Å². The maximum Gasteiger partial charge on any atom is 0.138 e. The zero-order valence-electron chi connectivity index (χ0n) is 7.49. The summed E-state index contributed by atoms with van der Waals surface area (Å²) in [5, 5.41) is 1.46. The van der Waals surface area contributed by atoms with Crippen LogP contribution >= 0.6 is 22.9 Å². The fraction of sp³-hybridized carbons (Fsp3) is 0.111. The van der Waals surface area contributed by atoms with Gasteiger partial charge in [-0.25, -0.2) is 4.98 Å². The summed E-state index contributed by atoms with van der Waals surface area (Å²) in [6.45, 7) is 1.93. The third-order valence-corrected chi connectivity index (χ3v) is 3.18. The molecule has 0 amide bonds. The third-order valence-electron chi connectivity index (χ3n) is 1.83. The van der Waals surface area contributed by atoms with Crippen LogP contribution in [0.4, 0.5) is 5.82 Å². The van der Waals surface area contributed by atoms with E-state index in [-0.39, 0.29) is 0 Å². The molecule has 72 valence electrons. The summed E-state index contributed by atoms with van der Waals surface area (Å²) in [7, 11) is 0. The van der Waals surface area contributed by atoms with Crippen LogP contribution < -0.4 is 5.73 Å². The molecular weight excluding hydrogens is 218 g/mol. The summed E-state index contributed by atoms with van der Waals surface area (Å²) in [4.78, 5) is 9.22. The second kappa shape index (κ2) is 3.55. The number of halogens is 1. The van der Waals surface area contributed by atoms with Crippen LogP contribution in [0, 0.1) is 6.92 Å². The first-order valence-electron chi connectivity index (χ1n) is 4.01. The summed E-state index contributed by atoms with van der Waals surface area (Å²) in [6, 6.07) is 1.74. The number of nitrogens with two attached hydrogens (primary N) is 1. The number of thiazole rings is 1. The summed E-state index contributed by atoms with van der Waals surface area (Å²) >= 11 is 7.53. The SMILES string of the molecule is Cc1sc(-c2cnccc2Cl)nc1N. The minimum Gasteiger partial charge on any atom is -0.383 e. The van der Waals surface area contributed by atoms with E-state index in [1.54, 1.807) is 18.5 Å². The number of pyridine rings is 1. The fourth-order valence-electron chi connectivity index (χ4n) is 1.06. The van der Waals surface area contributed by atoms with Crippen molar-refractivity contribution in [2.75, 3.05) is 5.73 Å². The number of rotatable bonds is 1. The topological polar surface area (TPSA) is 51.8 Å². The average Bonchev–Trinajstić information content (AvgIpc) is 2.48. The van der Waals surface area contributed by atoms with Gasteiger partial charge < -0.3 is 5.73 Å². The zero-order valence-corrected chi connectivity index (χ0v) is 9.06. The van der Waals surface area contributed by atoms with Gasteiger partial charge in [0.15, 0.2) is 0 Å². The highest BCUT2D eigenvalue weighted by atomic mass is 35.5. The second-order valence-electron chi connectivity index (χ2n) is 2.82. The smallest absolute Gasteiger partial charge is 0.138 e. The molecule has 2 N–H and O–H groups in total. The molecule has 3 nitrogen and oxygen atoms in total. The predicted molar refractivity (Wildman–Crippen MR) is 59.5 cm³/mol. The van der Waals surface area contributed by atoms with E-state index in [1.807, 2.05) is 6.92 Å². The van der Waals surface area contributed by atoms with Crippen LogP contribution in [0.5, 0.6) is 0 Å². The highest BCUT2D eigenvalue weighted by molar-refractivity contribution is 7.15. The molecule has 0 spiro atoms. The molecule has 2 aromatic rings. The molecule has 0 saturated carbocycles. The number of hydrogen-bond acceptors (Lipinski definition) is 4. The Morgan fingerprint density at radius 3 is 2.86 bits per heavy atom. The van der Waals surface area contributed by atoms with E-state index >= 15 is 0 Å². The van der Waals surface area contributed by atoms with Gasteiger partial charge in [0.05, 0.1) is 5.02 Å². The minimum atomic E-state index is 0.560. The number of aryl methyl sites for hydroxylation is 1. The number of nitrogen functional groups attached to an aromatic ring is 1. The summed E-state index contributed by atoms with van der Waals surface area (Å²) < 4.78 is 0. The van der Waals surface area contributed by atoms with Crippen LogP contribution in [0.25, 0.3) is 10.6 Å². The quantitative estimate of drug-likeness (QED) is 0.812. The van der Waals surface area contributed by atoms with Crippen LogP contribution in [-0.2, 0) is 0 Å². The Morgan fingerprint density at radius 2 is 2.29 bits per heavy atom. The van der Waals surface area contributed by atoms with E-state index in [4.69, 9.17) is 17.3 Å². The van der Waals surface area contributed by atoms with Gasteiger partial charge in [-0.05, 0) is 13.0 Å². The van der Waals surface area contributed by atoms with Crippen molar-refractivity contribution < 1.29 is 0 Å². The Labute approximate surface area is 90.6 Å². The molecule has 0 aliphatic rings. The Hall–Kier alpha value is -1.13. The predicted octanol–water partition coefficient (Wildman–Crippen LogP) is 2.75. The molecule has 0 fully saturated rings. The molecule has 0 bridgehead atoms. The van der Waals surface area contributed by atoms with Crippen LogP contribution in [-0.4, -0.2) is 9.97 Å². The van der Waals surface area contributed by atoms with Crippen molar-refractivity contribution in [3.8, 4) is 10.6 Å². The van der Waals surface area contributed by atoms with Gasteiger partial charge in [0.2, 0.25) is 0 Å². The molecule has 0 radical (unpaired) electrons. The standard InChI is InChI=1S/C9H8ClN3S/c1-5-8(11)13-9(14-5)6-4-12-3-2-7(6)10/h2-4H,11H2,1H3. The van der Waals surface area contributed by atoms with Crippen molar-refractivity contribution >= 4 is 28.8 Å². The van der Waals surface area contributed by atoms with Crippen LogP contribution in [0.1, 0.15) is 4.88 Å². The number of anilines is 1. The maximum absolute atomic E-state index is 6.01. The van der Waals surface area contributed by atoms with Crippen molar-refractivity contribution in [1.29, 1.82) is 0 Å². The van der Waals surface area contributed by atoms with Crippen molar-refractivity contribution in [3.63, 3.8) is 0 Å². The summed E-state index contributed by atoms with van der Waals surface area (Å²) in [6.07, 6.45) is 3.34. The van der Waals surface area contributed by atoms with E-state index in [2.05, 4.69) is 9.97 Å². The molecule has 2 heterocycles. The fourth-order valence-corrected chi connectivity index (χ4v) is 2.17. The van der Waals surface area contributed by atoms with Crippen LogP contribution in [0.2, 0.25) is 5.02 Å². The molecule has 0 aliphatic heterocycles. The van der Waals surface area contributed by atoms with Crippen LogP contribution in [0.3, 0.4) is 0 Å². The highest BCUT2D eigenvalue weighted by Gasteiger charge is 2.09. The Morgan fingerprint density at radius 1 is 1.50 bits per heavy atom. The Kier molecular flexibility index (Phi) is 2.39. The van der Waals surface area contributed by atoms with Gasteiger partial charge in [0.1, 0.15) is 10.8 Å². The second-order valence-corrected chi connectivity index (χ2v) is 4.43. The average molecular weight is 226 g/mol. The molecular formula is C9H8ClN3S. The van der Waals surface area contributed by atoms with Gasteiger partial charge >= 0.3 is 0 Å². The maximum atomic E-state index is 6.01. The molecule has 0 saturated heterocycles. The lowest BCUT2D eigenvalue weighted by Gasteiger charge is -1.96. The van der Waals surface area contributed by atoms with Gasteiger partial charge in [-0.2, -0.15) is 0 Å². The number of nitrogens with zero attached hydrogens (tertiary/aromatic N) is 2. The molecule has 0 atom stereocenters. The largest absolute Gasteiger partial charge is 0.383 e. The molecule has 0 unspecified atom stereocenters. The minimum absolute atomic E-state index is 0.560. The van der Waals surface area contributed by atoms with E-state index in [0.29, 0.717) is 10.8 Å². The van der Waals surface area contributed by atoms with E-state index in [9.17, 15) is 0 Å². The van der Waals surface area contributed by atoms with Gasteiger partial charge in [-0.3, -0.25) is 4.98 Å². The molecule has 0 aromatic carbocycles. The van der Waals surface area contributed by atoms with Gasteiger partial charge in [0, 0.05) is 22.8 Å². The lowest BCUT2D eigenvalue weighted by molar-refractivity contribution is 1.31. The first-order valence-corrected chi connectivity index (χ1v) is 5.20. The van der Waals surface area contributed by atoms with Crippen molar-refractivity contribution in [2.24, 2.45) is 0 Å². The molecule has 5 heteroatoms. The first-order chi connectivity index (χ1) is 6.68. The molecule has 2 aromatic heterocycles. The summed E-state index contributed by atoms with van der Waals surface area (Å²) in [5.74, 6) is 0.560. The van der Waals surface area contributed by atoms with Crippen molar-refractivity contribution in [2.45, 2.75) is 6.92 Å². The van der Waals surface area contributed by atoms with Crippen LogP contribution in [0.15, 0.2) is 18.5 Å². The van der Waals surface area contributed by atoms with Gasteiger partial charge in [-0.15, -0.1) is 11.3 Å². The van der Waals surface area contributed by atoms with E-state index < -0.39 is 0 Å². The molecule has 14 heavy (non-hydrogen) atoms. The number of hydrogen-bond donors (Lipinski definition) is 1.